The van der Waals surface area contributed by atoms with E-state index in [0.717, 1.165) is 22.5 Å². The molecule has 0 spiro atoms. The molecule has 1 saturated heterocycles. The molecule has 0 bridgehead atoms. The van der Waals surface area contributed by atoms with E-state index in [0.29, 0.717) is 11.1 Å². The lowest BCUT2D eigenvalue weighted by molar-refractivity contribution is -0.159. The van der Waals surface area contributed by atoms with Crippen LogP contribution in [0.5, 0.6) is 0 Å². The van der Waals surface area contributed by atoms with E-state index in [2.05, 4.69) is 0 Å². The standard InChI is InChI=1S/C19H17NO7S/c1-26-19(23)17-15(18(21)22)10-27-28(24,25)20(17)16-13-8-4-2-6-11(13)12-7-3-5-9-14(12)16/h2-9,15-17H,10H2,1H3,(H,21,22)/t15-,17?/m0/s1. The van der Waals surface area contributed by atoms with Crippen LogP contribution in [0, 0.1) is 5.92 Å². The smallest absolute Gasteiger partial charge is 0.340 e. The van der Waals surface area contributed by atoms with Gasteiger partial charge in [0.05, 0.1) is 19.8 Å². The minimum Gasteiger partial charge on any atom is -0.481 e. The molecule has 1 fully saturated rings. The summed E-state index contributed by atoms with van der Waals surface area (Å²) in [5.41, 5.74) is 2.94. The summed E-state index contributed by atoms with van der Waals surface area (Å²) in [7, 11) is -3.30. The zero-order chi connectivity index (χ0) is 20.1. The molecule has 2 aliphatic rings. The van der Waals surface area contributed by atoms with Crippen LogP contribution < -0.4 is 0 Å². The first kappa shape index (κ1) is 18.6. The summed E-state index contributed by atoms with van der Waals surface area (Å²) in [6.45, 7) is -0.635. The Morgan fingerprint density at radius 2 is 1.61 bits per heavy atom. The Balaban J connectivity index is 1.96. The van der Waals surface area contributed by atoms with Gasteiger partial charge in [0.15, 0.2) is 0 Å². The second-order valence-corrected chi connectivity index (χ2v) is 8.07. The second-order valence-electron chi connectivity index (χ2n) is 6.56. The largest absolute Gasteiger partial charge is 0.481 e. The van der Waals surface area contributed by atoms with Gasteiger partial charge in [0.1, 0.15) is 12.0 Å². The Morgan fingerprint density at radius 3 is 2.11 bits per heavy atom. The molecule has 146 valence electrons. The number of carboxylic acid groups (broad SMARTS) is 1. The summed E-state index contributed by atoms with van der Waals surface area (Å²) in [5, 5.41) is 9.57. The molecule has 1 N–H and O–H groups in total. The number of carboxylic acids is 1. The van der Waals surface area contributed by atoms with E-state index in [4.69, 9.17) is 8.92 Å². The second kappa shape index (κ2) is 6.69. The van der Waals surface area contributed by atoms with Crippen molar-refractivity contribution in [2.75, 3.05) is 13.7 Å². The average Bonchev–Trinajstić information content (AvgIpc) is 3.00. The highest BCUT2D eigenvalue weighted by Gasteiger charge is 2.54. The van der Waals surface area contributed by atoms with Gasteiger partial charge in [-0.2, -0.15) is 12.7 Å². The zero-order valence-corrected chi connectivity index (χ0v) is 15.6. The van der Waals surface area contributed by atoms with E-state index in [-0.39, 0.29) is 0 Å². The summed E-state index contributed by atoms with van der Waals surface area (Å²) in [5.74, 6) is -3.67. The predicted octanol–water partition coefficient (Wildman–Crippen LogP) is 1.58. The average molecular weight is 403 g/mol. The molecule has 0 radical (unpaired) electrons. The van der Waals surface area contributed by atoms with E-state index in [1.165, 1.54) is 0 Å². The van der Waals surface area contributed by atoms with Gasteiger partial charge in [-0.15, -0.1) is 0 Å². The number of carbonyl (C=O) groups excluding carboxylic acids is 1. The zero-order valence-electron chi connectivity index (χ0n) is 14.8. The lowest BCUT2D eigenvalue weighted by Gasteiger charge is -2.39. The number of hydrogen-bond acceptors (Lipinski definition) is 6. The predicted molar refractivity (Wildman–Crippen MR) is 97.4 cm³/mol. The normalized spacial score (nSPS) is 23.6. The van der Waals surface area contributed by atoms with Gasteiger partial charge in [0.25, 0.3) is 0 Å². The molecule has 28 heavy (non-hydrogen) atoms. The van der Waals surface area contributed by atoms with Gasteiger partial charge in [-0.1, -0.05) is 48.5 Å². The van der Waals surface area contributed by atoms with Gasteiger partial charge in [0, 0.05) is 0 Å². The maximum Gasteiger partial charge on any atom is 0.340 e. The molecule has 1 heterocycles. The van der Waals surface area contributed by atoms with Crippen molar-refractivity contribution >= 4 is 22.2 Å². The molecule has 2 atom stereocenters. The van der Waals surface area contributed by atoms with E-state index in [1.54, 1.807) is 24.3 Å². The van der Waals surface area contributed by atoms with E-state index in [1.807, 2.05) is 24.3 Å². The number of carbonyl (C=O) groups is 2. The van der Waals surface area contributed by atoms with E-state index < -0.39 is 46.9 Å². The summed E-state index contributed by atoms with van der Waals surface area (Å²) < 4.78 is 36.3. The Labute approximate surface area is 161 Å². The van der Waals surface area contributed by atoms with Crippen molar-refractivity contribution in [3.8, 4) is 11.1 Å². The van der Waals surface area contributed by atoms with Crippen LogP contribution in [-0.2, 0) is 28.8 Å². The number of methoxy groups -OCH3 is 1. The minimum atomic E-state index is -4.39. The number of fused-ring (bicyclic) bond motifs is 3. The first-order valence-corrected chi connectivity index (χ1v) is 9.90. The molecule has 0 saturated carbocycles. The van der Waals surface area contributed by atoms with E-state index in [9.17, 15) is 23.1 Å². The Hall–Kier alpha value is -2.75. The van der Waals surface area contributed by atoms with Crippen LogP contribution in [0.25, 0.3) is 11.1 Å². The fraction of sp³-hybridized carbons (Fsp3) is 0.263. The van der Waals surface area contributed by atoms with Crippen molar-refractivity contribution in [1.29, 1.82) is 0 Å². The first-order chi connectivity index (χ1) is 13.4. The Bertz CT molecular complexity index is 1020. The number of hydrogen-bond donors (Lipinski definition) is 1. The van der Waals surface area contributed by atoms with Gasteiger partial charge >= 0.3 is 22.2 Å². The highest BCUT2D eigenvalue weighted by Crippen LogP contribution is 2.49. The minimum absolute atomic E-state index is 0.635. The van der Waals surface area contributed by atoms with Crippen molar-refractivity contribution in [3.63, 3.8) is 0 Å². The van der Waals surface area contributed by atoms with Crippen LogP contribution >= 0.6 is 0 Å². The number of aliphatic carboxylic acids is 1. The van der Waals surface area contributed by atoms with Crippen molar-refractivity contribution < 1.29 is 32.0 Å². The molecule has 8 nitrogen and oxygen atoms in total. The van der Waals surface area contributed by atoms with Crippen LogP contribution in [-0.4, -0.2) is 49.5 Å². The number of rotatable bonds is 3. The van der Waals surface area contributed by atoms with Crippen molar-refractivity contribution in [2.24, 2.45) is 5.92 Å². The Morgan fingerprint density at radius 1 is 1.07 bits per heavy atom. The van der Waals surface area contributed by atoms with Crippen molar-refractivity contribution in [2.45, 2.75) is 12.1 Å². The number of esters is 1. The molecule has 4 rings (SSSR count). The molecule has 1 aliphatic heterocycles. The number of ether oxygens (including phenoxy) is 1. The van der Waals surface area contributed by atoms with Gasteiger partial charge in [0.2, 0.25) is 0 Å². The lowest BCUT2D eigenvalue weighted by Crippen LogP contribution is -2.58. The fourth-order valence-electron chi connectivity index (χ4n) is 3.92. The van der Waals surface area contributed by atoms with E-state index >= 15 is 0 Å². The fourth-order valence-corrected chi connectivity index (χ4v) is 5.35. The SMILES string of the molecule is COC(=O)C1[C@@H](C(=O)O)COS(=O)(=O)N1C1c2ccccc2-c2ccccc21. The van der Waals surface area contributed by atoms with Crippen LogP contribution in [0.3, 0.4) is 0 Å². The molecule has 1 aliphatic carbocycles. The summed E-state index contributed by atoms with van der Waals surface area (Å²) in [6, 6.07) is 12.0. The summed E-state index contributed by atoms with van der Waals surface area (Å²) in [4.78, 5) is 24.3. The molecule has 2 aromatic rings. The van der Waals surface area contributed by atoms with Gasteiger partial charge in [-0.25, -0.2) is 0 Å². The molecule has 0 amide bonds. The van der Waals surface area contributed by atoms with Crippen molar-refractivity contribution in [3.05, 3.63) is 59.7 Å². The van der Waals surface area contributed by atoms with Crippen LogP contribution in [0.1, 0.15) is 17.2 Å². The molecular formula is C19H17NO7S. The summed E-state index contributed by atoms with van der Waals surface area (Å²) >= 11 is 0. The van der Waals surface area contributed by atoms with Gasteiger partial charge in [-0.05, 0) is 22.3 Å². The highest BCUT2D eigenvalue weighted by molar-refractivity contribution is 7.84. The number of benzene rings is 2. The topological polar surface area (TPSA) is 110 Å². The van der Waals surface area contributed by atoms with Gasteiger partial charge in [-0.3, -0.25) is 13.8 Å². The monoisotopic (exact) mass is 403 g/mol. The Kier molecular flexibility index (Phi) is 4.45. The third-order valence-electron chi connectivity index (χ3n) is 5.13. The quantitative estimate of drug-likeness (QED) is 0.775. The van der Waals surface area contributed by atoms with Gasteiger partial charge < -0.3 is 9.84 Å². The van der Waals surface area contributed by atoms with Crippen LogP contribution in [0.4, 0.5) is 0 Å². The molecule has 1 unspecified atom stereocenters. The number of nitrogens with zero attached hydrogens (tertiary/aromatic N) is 1. The molecule has 2 aromatic carbocycles. The lowest BCUT2D eigenvalue weighted by atomic mass is 9.97. The first-order valence-electron chi connectivity index (χ1n) is 8.53. The third-order valence-corrected chi connectivity index (χ3v) is 6.51. The maximum absolute atomic E-state index is 12.9. The highest BCUT2D eigenvalue weighted by atomic mass is 32.2. The van der Waals surface area contributed by atoms with Crippen LogP contribution in [0.15, 0.2) is 48.5 Å². The molecule has 9 heteroatoms. The molecule has 0 aromatic heterocycles. The molecular weight excluding hydrogens is 386 g/mol. The maximum atomic E-state index is 12.9. The van der Waals surface area contributed by atoms with Crippen LogP contribution in [0.2, 0.25) is 0 Å². The summed E-state index contributed by atoms with van der Waals surface area (Å²) in [6.07, 6.45) is 0. The van der Waals surface area contributed by atoms with Crippen molar-refractivity contribution in [1.82, 2.24) is 4.31 Å². The third kappa shape index (κ3) is 2.70.